The van der Waals surface area contributed by atoms with Gasteiger partial charge in [-0.3, -0.25) is 9.59 Å². The highest BCUT2D eigenvalue weighted by Gasteiger charge is 2.14. The minimum atomic E-state index is -3.80. The van der Waals surface area contributed by atoms with Gasteiger partial charge in [-0.15, -0.1) is 0 Å². The first kappa shape index (κ1) is 22.3. The van der Waals surface area contributed by atoms with E-state index in [4.69, 9.17) is 0 Å². The fourth-order valence-corrected chi connectivity index (χ4v) is 3.38. The maximum Gasteiger partial charge on any atom is 0.251 e. The zero-order valence-corrected chi connectivity index (χ0v) is 16.3. The number of sulfonamides is 1. The number of carbonyl (C=O) groups excluding carboxylic acids is 2. The summed E-state index contributed by atoms with van der Waals surface area (Å²) in [7, 11) is -3.80. The number of amides is 2. The predicted octanol–water partition coefficient (Wildman–Crippen LogP) is 1.14. The lowest BCUT2D eigenvalue weighted by Gasteiger charge is -2.08. The second-order valence-electron chi connectivity index (χ2n) is 6.11. The van der Waals surface area contributed by atoms with E-state index >= 15 is 0 Å². The molecule has 0 spiro atoms. The number of aromatic hydroxyl groups is 1. The van der Waals surface area contributed by atoms with Gasteiger partial charge in [0, 0.05) is 31.6 Å². The molecule has 0 radical (unpaired) electrons. The summed E-state index contributed by atoms with van der Waals surface area (Å²) in [6, 6.07) is 10.3. The monoisotopic (exact) mass is 423 g/mol. The Morgan fingerprint density at radius 2 is 1.66 bits per heavy atom. The molecule has 0 bridgehead atoms. The first-order valence-electron chi connectivity index (χ1n) is 8.87. The maximum absolute atomic E-state index is 12.9. The summed E-state index contributed by atoms with van der Waals surface area (Å²) in [6.45, 7) is 0.537. The second-order valence-corrected chi connectivity index (χ2v) is 7.88. The molecule has 29 heavy (non-hydrogen) atoms. The summed E-state index contributed by atoms with van der Waals surface area (Å²) in [5.41, 5.74) is 0.336. The van der Waals surface area contributed by atoms with Crippen molar-refractivity contribution in [2.45, 2.75) is 17.7 Å². The summed E-state index contributed by atoms with van der Waals surface area (Å²) in [5.74, 6) is -1.21. The topological polar surface area (TPSA) is 125 Å². The van der Waals surface area contributed by atoms with E-state index in [2.05, 4.69) is 15.4 Å². The van der Waals surface area contributed by atoms with Crippen LogP contribution in [0.3, 0.4) is 0 Å². The van der Waals surface area contributed by atoms with E-state index in [0.29, 0.717) is 25.1 Å². The first-order chi connectivity index (χ1) is 13.8. The molecule has 0 saturated heterocycles. The minimum absolute atomic E-state index is 0.0000323. The molecule has 4 N–H and O–H groups in total. The van der Waals surface area contributed by atoms with Crippen LogP contribution in [0.2, 0.25) is 0 Å². The largest absolute Gasteiger partial charge is 0.508 e. The Morgan fingerprint density at radius 3 is 2.34 bits per heavy atom. The second kappa shape index (κ2) is 10.5. The van der Waals surface area contributed by atoms with Crippen LogP contribution < -0.4 is 15.4 Å². The molecule has 10 heteroatoms. The summed E-state index contributed by atoms with van der Waals surface area (Å²) in [5, 5.41) is 14.6. The van der Waals surface area contributed by atoms with Gasteiger partial charge in [-0.2, -0.15) is 0 Å². The highest BCUT2D eigenvalue weighted by Crippen LogP contribution is 2.10. The number of hydrogen-bond donors (Lipinski definition) is 4. The van der Waals surface area contributed by atoms with E-state index in [1.165, 1.54) is 12.1 Å². The van der Waals surface area contributed by atoms with E-state index in [0.717, 1.165) is 24.3 Å². The van der Waals surface area contributed by atoms with Crippen LogP contribution in [0.25, 0.3) is 0 Å². The summed E-state index contributed by atoms with van der Waals surface area (Å²) >= 11 is 0. The van der Waals surface area contributed by atoms with E-state index in [-0.39, 0.29) is 35.4 Å². The zero-order chi connectivity index (χ0) is 21.3. The Bertz CT molecular complexity index is 949. The van der Waals surface area contributed by atoms with E-state index < -0.39 is 15.8 Å². The van der Waals surface area contributed by atoms with E-state index in [9.17, 15) is 27.5 Å². The van der Waals surface area contributed by atoms with Crippen LogP contribution >= 0.6 is 0 Å². The van der Waals surface area contributed by atoms with Crippen molar-refractivity contribution < 1.29 is 27.5 Å². The lowest BCUT2D eigenvalue weighted by atomic mass is 10.2. The first-order valence-corrected chi connectivity index (χ1v) is 10.4. The van der Waals surface area contributed by atoms with Crippen molar-refractivity contribution in [1.29, 1.82) is 0 Å². The zero-order valence-electron chi connectivity index (χ0n) is 15.5. The van der Waals surface area contributed by atoms with Gasteiger partial charge >= 0.3 is 0 Å². The van der Waals surface area contributed by atoms with Crippen molar-refractivity contribution in [3.05, 3.63) is 59.9 Å². The van der Waals surface area contributed by atoms with Gasteiger partial charge in [-0.1, -0.05) is 6.07 Å². The summed E-state index contributed by atoms with van der Waals surface area (Å²) in [4.78, 5) is 23.5. The van der Waals surface area contributed by atoms with Gasteiger partial charge in [-0.05, 0) is 48.9 Å². The molecule has 0 atom stereocenters. The smallest absolute Gasteiger partial charge is 0.251 e. The van der Waals surface area contributed by atoms with Crippen molar-refractivity contribution in [2.75, 3.05) is 19.6 Å². The molecule has 2 rings (SSSR count). The van der Waals surface area contributed by atoms with Crippen LogP contribution in [0, 0.1) is 5.82 Å². The Morgan fingerprint density at radius 1 is 0.966 bits per heavy atom. The van der Waals surface area contributed by atoms with Gasteiger partial charge in [0.2, 0.25) is 15.9 Å². The summed E-state index contributed by atoms with van der Waals surface area (Å²) in [6.07, 6.45) is 0.424. The molecule has 0 unspecified atom stereocenters. The average molecular weight is 423 g/mol. The van der Waals surface area contributed by atoms with Crippen molar-refractivity contribution in [2.24, 2.45) is 0 Å². The Hall–Kier alpha value is -2.98. The number of nitrogens with one attached hydrogen (secondary N) is 3. The number of phenolic OH excluding ortho intramolecular Hbond substituents is 1. The van der Waals surface area contributed by atoms with Crippen molar-refractivity contribution in [1.82, 2.24) is 15.4 Å². The van der Waals surface area contributed by atoms with Crippen LogP contribution in [0.5, 0.6) is 5.75 Å². The van der Waals surface area contributed by atoms with Gasteiger partial charge in [0.15, 0.2) is 0 Å². The molecule has 0 aliphatic carbocycles. The number of benzene rings is 2. The number of carbonyl (C=O) groups is 2. The third kappa shape index (κ3) is 7.51. The lowest BCUT2D eigenvalue weighted by Crippen LogP contribution is -2.32. The highest BCUT2D eigenvalue weighted by atomic mass is 32.2. The van der Waals surface area contributed by atoms with Crippen molar-refractivity contribution >= 4 is 21.8 Å². The van der Waals surface area contributed by atoms with Gasteiger partial charge in [0.05, 0.1) is 4.90 Å². The quantitative estimate of drug-likeness (QED) is 0.427. The standard InChI is InChI=1S/C19H22FN3O5S/c20-15-5-7-17(8-6-15)29(27,28)23-12-9-18(25)21-10-2-11-22-19(26)14-3-1-4-16(24)13-14/h1,3-8,13,23-24H,2,9-12H2,(H,21,25)(H,22,26). The van der Waals surface area contributed by atoms with E-state index in [1.54, 1.807) is 12.1 Å². The molecule has 0 aliphatic rings. The van der Waals surface area contributed by atoms with Gasteiger partial charge in [0.1, 0.15) is 11.6 Å². The van der Waals surface area contributed by atoms with E-state index in [1.807, 2.05) is 0 Å². The molecule has 2 aromatic carbocycles. The SMILES string of the molecule is O=C(CCNS(=O)(=O)c1ccc(F)cc1)NCCCNC(=O)c1cccc(O)c1. The molecule has 0 saturated carbocycles. The predicted molar refractivity (Wildman–Crippen MR) is 104 cm³/mol. The van der Waals surface area contributed by atoms with Gasteiger partial charge < -0.3 is 15.7 Å². The fourth-order valence-electron chi connectivity index (χ4n) is 2.35. The minimum Gasteiger partial charge on any atom is -0.508 e. The van der Waals surface area contributed by atoms with Gasteiger partial charge in [0.25, 0.3) is 5.91 Å². The van der Waals surface area contributed by atoms with Crippen LogP contribution in [-0.2, 0) is 14.8 Å². The number of hydrogen-bond acceptors (Lipinski definition) is 5. The molecule has 0 aliphatic heterocycles. The van der Waals surface area contributed by atoms with Crippen molar-refractivity contribution in [3.8, 4) is 5.75 Å². The van der Waals surface area contributed by atoms with Crippen LogP contribution in [0.1, 0.15) is 23.2 Å². The molecule has 0 heterocycles. The molecular weight excluding hydrogens is 401 g/mol. The molecule has 8 nitrogen and oxygen atoms in total. The number of rotatable bonds is 10. The molecular formula is C19H22FN3O5S. The summed E-state index contributed by atoms with van der Waals surface area (Å²) < 4.78 is 39.1. The van der Waals surface area contributed by atoms with Crippen molar-refractivity contribution in [3.63, 3.8) is 0 Å². The third-order valence-electron chi connectivity index (χ3n) is 3.84. The van der Waals surface area contributed by atoms with Gasteiger partial charge in [-0.25, -0.2) is 17.5 Å². The highest BCUT2D eigenvalue weighted by molar-refractivity contribution is 7.89. The normalized spacial score (nSPS) is 11.1. The molecule has 0 fully saturated rings. The van der Waals surface area contributed by atoms with Crippen LogP contribution in [0.15, 0.2) is 53.4 Å². The third-order valence-corrected chi connectivity index (χ3v) is 5.31. The molecule has 0 aromatic heterocycles. The average Bonchev–Trinajstić information content (AvgIpc) is 2.67. The lowest BCUT2D eigenvalue weighted by molar-refractivity contribution is -0.120. The Kier molecular flexibility index (Phi) is 8.10. The fraction of sp³-hybridized carbons (Fsp3) is 0.263. The molecule has 2 aromatic rings. The number of phenols is 1. The Labute approximate surface area is 168 Å². The van der Waals surface area contributed by atoms with Crippen LogP contribution in [-0.4, -0.2) is 45.0 Å². The number of halogens is 1. The molecule has 156 valence electrons. The Balaban J connectivity index is 1.61. The maximum atomic E-state index is 12.9. The van der Waals surface area contributed by atoms with Crippen LogP contribution in [0.4, 0.5) is 4.39 Å². The molecule has 2 amide bonds.